The van der Waals surface area contributed by atoms with Crippen molar-refractivity contribution in [3.05, 3.63) is 64.0 Å². The van der Waals surface area contributed by atoms with E-state index in [1.165, 1.54) is 0 Å². The smallest absolute Gasteiger partial charge is 0.307 e. The molecule has 1 N–H and O–H groups in total. The van der Waals surface area contributed by atoms with Crippen LogP contribution in [0, 0.1) is 31.6 Å². The first-order chi connectivity index (χ1) is 17.7. The molecule has 1 saturated carbocycles. The molecule has 0 spiro atoms. The van der Waals surface area contributed by atoms with Crippen LogP contribution in [0.4, 0.5) is 5.13 Å². The topological polar surface area (TPSA) is 83.0 Å². The Morgan fingerprint density at radius 2 is 1.84 bits per heavy atom. The molecule has 3 aromatic rings. The van der Waals surface area contributed by atoms with E-state index < -0.39 is 5.97 Å². The summed E-state index contributed by atoms with van der Waals surface area (Å²) in [6.45, 7) is 5.95. The van der Waals surface area contributed by atoms with E-state index in [-0.39, 0.29) is 23.7 Å². The lowest BCUT2D eigenvalue weighted by Gasteiger charge is -2.35. The number of benzene rings is 2. The van der Waals surface area contributed by atoms with Crippen LogP contribution in [-0.2, 0) is 11.4 Å². The SMILES string of the molecule is Cc1ccc(OCc2ccc(C(=O)N(C)C)cc2C)c(-c2csc(N3CC4CCC(C3)C4C(=O)O)n2)c1. The van der Waals surface area contributed by atoms with Crippen LogP contribution in [0.1, 0.15) is 39.9 Å². The monoisotopic (exact) mass is 519 g/mol. The zero-order chi connectivity index (χ0) is 26.3. The Labute approximate surface area is 221 Å². The van der Waals surface area contributed by atoms with Gasteiger partial charge < -0.3 is 19.6 Å². The molecule has 2 bridgehead atoms. The predicted octanol–water partition coefficient (Wildman–Crippen LogP) is 5.25. The molecule has 2 atom stereocenters. The van der Waals surface area contributed by atoms with E-state index in [1.807, 2.05) is 37.3 Å². The van der Waals surface area contributed by atoms with Crippen molar-refractivity contribution in [2.75, 3.05) is 32.1 Å². The van der Waals surface area contributed by atoms with Crippen molar-refractivity contribution in [2.24, 2.45) is 17.8 Å². The summed E-state index contributed by atoms with van der Waals surface area (Å²) < 4.78 is 6.29. The van der Waals surface area contributed by atoms with Crippen molar-refractivity contribution < 1.29 is 19.4 Å². The molecule has 8 heteroatoms. The summed E-state index contributed by atoms with van der Waals surface area (Å²) in [5.41, 5.74) is 5.64. The van der Waals surface area contributed by atoms with Gasteiger partial charge in [-0.25, -0.2) is 4.98 Å². The van der Waals surface area contributed by atoms with Gasteiger partial charge in [0.2, 0.25) is 0 Å². The van der Waals surface area contributed by atoms with Crippen LogP contribution in [0.5, 0.6) is 5.75 Å². The molecule has 194 valence electrons. The maximum absolute atomic E-state index is 12.3. The van der Waals surface area contributed by atoms with Crippen LogP contribution in [-0.4, -0.2) is 54.1 Å². The highest BCUT2D eigenvalue weighted by Crippen LogP contribution is 2.44. The number of aromatic nitrogens is 1. The molecule has 37 heavy (non-hydrogen) atoms. The average Bonchev–Trinajstić information content (AvgIpc) is 3.46. The molecule has 2 aliphatic rings. The summed E-state index contributed by atoms with van der Waals surface area (Å²) in [7, 11) is 3.50. The number of thiazole rings is 1. The highest BCUT2D eigenvalue weighted by atomic mass is 32.1. The molecule has 0 radical (unpaired) electrons. The Morgan fingerprint density at radius 1 is 1.11 bits per heavy atom. The quantitative estimate of drug-likeness (QED) is 0.459. The number of carbonyl (C=O) groups is 2. The second kappa shape index (κ2) is 10.2. The number of rotatable bonds is 7. The fourth-order valence-corrected chi connectivity index (χ4v) is 6.54. The molecule has 2 fully saturated rings. The summed E-state index contributed by atoms with van der Waals surface area (Å²) in [5, 5.41) is 12.6. The highest BCUT2D eigenvalue weighted by Gasteiger charge is 2.46. The van der Waals surface area contributed by atoms with Gasteiger partial charge in [0.25, 0.3) is 5.91 Å². The van der Waals surface area contributed by atoms with Gasteiger partial charge >= 0.3 is 5.97 Å². The number of aliphatic carboxylic acids is 1. The number of carboxylic acids is 1. The minimum Gasteiger partial charge on any atom is -0.488 e. The zero-order valence-corrected chi connectivity index (χ0v) is 22.5. The van der Waals surface area contributed by atoms with Crippen LogP contribution in [0.2, 0.25) is 0 Å². The number of nitrogens with zero attached hydrogens (tertiary/aromatic N) is 3. The van der Waals surface area contributed by atoms with Gasteiger partial charge in [-0.3, -0.25) is 9.59 Å². The largest absolute Gasteiger partial charge is 0.488 e. The normalized spacial score (nSPS) is 20.6. The predicted molar refractivity (Wildman–Crippen MR) is 145 cm³/mol. The number of carboxylic acid groups (broad SMARTS) is 1. The Balaban J connectivity index is 1.33. The van der Waals surface area contributed by atoms with Crippen LogP contribution >= 0.6 is 11.3 Å². The molecular formula is C29H33N3O4S. The number of fused-ring (bicyclic) bond motifs is 2. The lowest BCUT2D eigenvalue weighted by atomic mass is 9.85. The van der Waals surface area contributed by atoms with E-state index in [1.54, 1.807) is 30.3 Å². The first kappa shape index (κ1) is 25.3. The fourth-order valence-electron chi connectivity index (χ4n) is 5.69. The first-order valence-electron chi connectivity index (χ1n) is 12.7. The molecule has 1 amide bonds. The molecule has 5 rings (SSSR count). The van der Waals surface area contributed by atoms with Crippen molar-refractivity contribution in [1.82, 2.24) is 9.88 Å². The number of amides is 1. The number of aryl methyl sites for hydroxylation is 2. The van der Waals surface area contributed by atoms with Crippen molar-refractivity contribution in [2.45, 2.75) is 33.3 Å². The minimum absolute atomic E-state index is 0.0177. The Kier molecular flexibility index (Phi) is 6.94. The highest BCUT2D eigenvalue weighted by molar-refractivity contribution is 7.14. The summed E-state index contributed by atoms with van der Waals surface area (Å²) in [6.07, 6.45) is 1.96. The number of ether oxygens (including phenoxy) is 1. The molecular weight excluding hydrogens is 486 g/mol. The maximum Gasteiger partial charge on any atom is 0.307 e. The Morgan fingerprint density at radius 3 is 2.49 bits per heavy atom. The lowest BCUT2D eigenvalue weighted by molar-refractivity contribution is -0.144. The van der Waals surface area contributed by atoms with Gasteiger partial charge in [0.15, 0.2) is 5.13 Å². The van der Waals surface area contributed by atoms with Crippen molar-refractivity contribution in [3.63, 3.8) is 0 Å². The standard InChI is InChI=1S/C29H33N3O4S/c1-17-5-10-25(36-15-22-9-6-19(12-18(22)2)27(33)31(3)4)23(11-17)24-16-37-29(30-24)32-13-20-7-8-21(14-32)26(20)28(34)35/h5-6,9-12,16,20-21,26H,7-8,13-15H2,1-4H3,(H,34,35). The van der Waals surface area contributed by atoms with Crippen LogP contribution < -0.4 is 9.64 Å². The van der Waals surface area contributed by atoms with E-state index in [0.717, 1.165) is 64.8 Å². The molecule has 1 aliphatic carbocycles. The van der Waals surface area contributed by atoms with Gasteiger partial charge in [-0.15, -0.1) is 11.3 Å². The zero-order valence-electron chi connectivity index (χ0n) is 21.7. The van der Waals surface area contributed by atoms with Gasteiger partial charge in [-0.2, -0.15) is 0 Å². The van der Waals surface area contributed by atoms with Crippen molar-refractivity contribution >= 4 is 28.3 Å². The van der Waals surface area contributed by atoms with E-state index >= 15 is 0 Å². The third-order valence-electron chi connectivity index (χ3n) is 7.67. The summed E-state index contributed by atoms with van der Waals surface area (Å²) in [4.78, 5) is 32.8. The second-order valence-electron chi connectivity index (χ2n) is 10.5. The molecule has 1 aliphatic heterocycles. The maximum atomic E-state index is 12.3. The molecule has 1 aromatic heterocycles. The van der Waals surface area contributed by atoms with Gasteiger partial charge in [0.1, 0.15) is 12.4 Å². The van der Waals surface area contributed by atoms with E-state index in [2.05, 4.69) is 23.3 Å². The molecule has 7 nitrogen and oxygen atoms in total. The summed E-state index contributed by atoms with van der Waals surface area (Å²) in [6, 6.07) is 11.8. The second-order valence-corrected chi connectivity index (χ2v) is 11.3. The third kappa shape index (κ3) is 5.07. The number of hydrogen-bond acceptors (Lipinski definition) is 6. The number of anilines is 1. The lowest BCUT2D eigenvalue weighted by Crippen LogP contribution is -2.44. The van der Waals surface area contributed by atoms with Gasteiger partial charge in [-0.05, 0) is 73.9 Å². The Bertz CT molecular complexity index is 1320. The minimum atomic E-state index is -0.650. The van der Waals surface area contributed by atoms with Gasteiger partial charge in [0, 0.05) is 43.7 Å². The van der Waals surface area contributed by atoms with Crippen LogP contribution in [0.3, 0.4) is 0 Å². The first-order valence-corrected chi connectivity index (χ1v) is 13.6. The van der Waals surface area contributed by atoms with E-state index in [9.17, 15) is 14.7 Å². The summed E-state index contributed by atoms with van der Waals surface area (Å²) >= 11 is 1.61. The average molecular weight is 520 g/mol. The van der Waals surface area contributed by atoms with Crippen LogP contribution in [0.15, 0.2) is 41.8 Å². The summed E-state index contributed by atoms with van der Waals surface area (Å²) in [5.74, 6) is 0.276. The van der Waals surface area contributed by atoms with Crippen molar-refractivity contribution in [3.8, 4) is 17.0 Å². The van der Waals surface area contributed by atoms with Crippen molar-refractivity contribution in [1.29, 1.82) is 0 Å². The van der Waals surface area contributed by atoms with E-state index in [0.29, 0.717) is 12.2 Å². The van der Waals surface area contributed by atoms with Crippen LogP contribution in [0.25, 0.3) is 11.3 Å². The number of piperidine rings is 1. The number of hydrogen-bond donors (Lipinski definition) is 1. The third-order valence-corrected chi connectivity index (χ3v) is 8.57. The molecule has 2 aromatic carbocycles. The Hall–Kier alpha value is -3.39. The van der Waals surface area contributed by atoms with Gasteiger partial charge in [0.05, 0.1) is 11.6 Å². The fraction of sp³-hybridized carbons (Fsp3) is 0.414. The molecule has 2 heterocycles. The molecule has 2 unspecified atom stereocenters. The van der Waals surface area contributed by atoms with E-state index in [4.69, 9.17) is 9.72 Å². The molecule has 1 saturated heterocycles. The van der Waals surface area contributed by atoms with Gasteiger partial charge in [-0.1, -0.05) is 17.7 Å². The number of carbonyl (C=O) groups excluding carboxylic acids is 1.